The van der Waals surface area contributed by atoms with Gasteiger partial charge in [-0.15, -0.1) is 0 Å². The number of benzene rings is 11. The summed E-state index contributed by atoms with van der Waals surface area (Å²) >= 11 is 0. The van der Waals surface area contributed by atoms with Crippen LogP contribution in [0.3, 0.4) is 0 Å². The zero-order valence-electron chi connectivity index (χ0n) is 57.4. The predicted molar refractivity (Wildman–Crippen MR) is 270 cm³/mol. The molecule has 0 unspecified atom stereocenters. The van der Waals surface area contributed by atoms with E-state index in [9.17, 15) is 17.8 Å². The van der Waals surface area contributed by atoms with Gasteiger partial charge in [0.1, 0.15) is 0 Å². The van der Waals surface area contributed by atoms with Crippen molar-refractivity contribution in [2.24, 2.45) is 0 Å². The lowest BCUT2D eigenvalue weighted by Gasteiger charge is -2.35. The van der Waals surface area contributed by atoms with Gasteiger partial charge in [0.05, 0.1) is 44.0 Å². The summed E-state index contributed by atoms with van der Waals surface area (Å²) in [5.74, 6) is 0. The van der Waals surface area contributed by atoms with E-state index in [0.29, 0.717) is 16.3 Å². The highest BCUT2D eigenvalue weighted by molar-refractivity contribution is 6.06. The van der Waals surface area contributed by atoms with Gasteiger partial charge in [-0.3, -0.25) is 0 Å². The first-order chi connectivity index (χ1) is 41.7. The fourth-order valence-corrected chi connectivity index (χ4v) is 8.68. The lowest BCUT2D eigenvalue weighted by atomic mass is 9.67. The summed E-state index contributed by atoms with van der Waals surface area (Å²) in [6.45, 7) is 0. The Morgan fingerprint density at radius 2 is 0.875 bits per heavy atom. The van der Waals surface area contributed by atoms with Crippen LogP contribution in [0.25, 0.3) is 66.1 Å². The van der Waals surface area contributed by atoms with Crippen LogP contribution >= 0.6 is 0 Å². The molecule has 1 aliphatic rings. The topological polar surface area (TPSA) is 3.24 Å². The molecule has 0 heterocycles. The Morgan fingerprint density at radius 1 is 0.344 bits per heavy atom. The molecule has 0 amide bonds. The second kappa shape index (κ2) is 15.6. The van der Waals surface area contributed by atoms with Crippen LogP contribution in [0.4, 0.5) is 17.1 Å². The Morgan fingerprint density at radius 3 is 1.58 bits per heavy atom. The molecule has 1 nitrogen and oxygen atoms in total. The molecule has 0 bridgehead atoms. The Hall–Kier alpha value is -8.26. The zero-order chi connectivity index (χ0) is 63.3. The summed E-state index contributed by atoms with van der Waals surface area (Å²) in [4.78, 5) is 0.997. The maximum atomic E-state index is 10.9. The molecule has 0 fully saturated rings. The Labute approximate surface area is 408 Å². The minimum Gasteiger partial charge on any atom is -0.310 e. The second-order valence-corrected chi connectivity index (χ2v) is 15.0. The van der Waals surface area contributed by atoms with Crippen LogP contribution in [0.2, 0.25) is 0 Å². The normalized spacial score (nSPS) is 17.8. The maximum absolute atomic E-state index is 10.9. The van der Waals surface area contributed by atoms with Crippen molar-refractivity contribution in [3.05, 3.63) is 283 Å². The standard InChI is InChI=1S/C63H43N/c1-4-16-44(17-5-1)46-28-30-47(31-29-46)48-32-34-50(35-33-48)62-56-25-13-12-19-49(56)37-41-61(62)64(54-38-36-45-18-10-11-20-51(45)42-54)55-39-40-58-57-26-14-15-27-59(57)63(60(58)43-55,52-21-6-2-7-22-52)53-23-8-3-9-24-53/h1-43H/i2D,3D,6D,7D,8D,9D,10D,11D,14D,15D,18D,20D,21D,22D,23D,24D,26D,27D,36D,38D,39D,40D,42D,43D. The average Bonchev–Trinajstić information content (AvgIpc) is 1.46. The molecule has 300 valence electrons. The molecule has 11 aromatic rings. The number of anilines is 3. The molecule has 1 heteroatoms. The number of hydrogen-bond donors (Lipinski definition) is 0. The molecule has 0 saturated heterocycles. The van der Waals surface area contributed by atoms with Crippen molar-refractivity contribution in [1.29, 1.82) is 0 Å². The summed E-state index contributed by atoms with van der Waals surface area (Å²) in [5, 5.41) is -0.0552. The Bertz CT molecular complexity index is 4770. The predicted octanol–water partition coefficient (Wildman–Crippen LogP) is 16.8. The second-order valence-electron chi connectivity index (χ2n) is 15.0. The van der Waals surface area contributed by atoms with Gasteiger partial charge in [0.25, 0.3) is 0 Å². The van der Waals surface area contributed by atoms with Gasteiger partial charge >= 0.3 is 0 Å². The van der Waals surface area contributed by atoms with E-state index in [1.807, 2.05) is 66.7 Å². The van der Waals surface area contributed by atoms with Gasteiger partial charge in [0, 0.05) is 16.9 Å². The minimum absolute atomic E-state index is 0.113. The molecule has 0 saturated carbocycles. The van der Waals surface area contributed by atoms with Crippen molar-refractivity contribution in [3.8, 4) is 44.5 Å². The van der Waals surface area contributed by atoms with E-state index in [-0.39, 0.29) is 11.3 Å². The highest BCUT2D eigenvalue weighted by Crippen LogP contribution is 2.57. The molecule has 0 aromatic heterocycles. The van der Waals surface area contributed by atoms with E-state index in [0.717, 1.165) is 27.2 Å². The van der Waals surface area contributed by atoms with Crippen LogP contribution < -0.4 is 4.90 Å². The van der Waals surface area contributed by atoms with Gasteiger partial charge in [0.15, 0.2) is 0 Å². The zero-order valence-corrected chi connectivity index (χ0v) is 33.4. The summed E-state index contributed by atoms with van der Waals surface area (Å²) in [5.41, 5.74) is -5.68. The summed E-state index contributed by atoms with van der Waals surface area (Å²) in [7, 11) is 0. The van der Waals surface area contributed by atoms with Gasteiger partial charge in [-0.25, -0.2) is 0 Å². The van der Waals surface area contributed by atoms with Crippen LogP contribution in [-0.4, -0.2) is 0 Å². The van der Waals surface area contributed by atoms with E-state index < -0.39 is 206 Å². The first-order valence-corrected chi connectivity index (χ1v) is 20.2. The molecule has 0 aliphatic heterocycles. The van der Waals surface area contributed by atoms with E-state index in [1.165, 1.54) is 6.07 Å². The lowest BCUT2D eigenvalue weighted by Crippen LogP contribution is -2.28. The van der Waals surface area contributed by atoms with Crippen LogP contribution in [0.15, 0.2) is 260 Å². The van der Waals surface area contributed by atoms with Gasteiger partial charge in [-0.05, 0) is 113 Å². The number of hydrogen-bond acceptors (Lipinski definition) is 1. The van der Waals surface area contributed by atoms with Crippen molar-refractivity contribution >= 4 is 38.6 Å². The minimum atomic E-state index is -3.24. The molecular formula is C63H43N. The summed E-state index contributed by atoms with van der Waals surface area (Å²) in [6, 6.07) is 11.4. The van der Waals surface area contributed by atoms with Crippen LogP contribution in [0, 0.1) is 0 Å². The van der Waals surface area contributed by atoms with E-state index in [4.69, 9.17) is 15.1 Å². The van der Waals surface area contributed by atoms with Gasteiger partial charge in [-0.1, -0.05) is 230 Å². The Balaban J connectivity index is 1.29. The molecule has 11 aromatic carbocycles. The van der Waals surface area contributed by atoms with Crippen molar-refractivity contribution in [3.63, 3.8) is 0 Å². The van der Waals surface area contributed by atoms with E-state index >= 15 is 0 Å². The molecule has 0 spiro atoms. The maximum Gasteiger partial charge on any atom is 0.0714 e. The number of fused-ring (bicyclic) bond motifs is 5. The quantitative estimate of drug-likeness (QED) is 0.147. The largest absolute Gasteiger partial charge is 0.310 e. The van der Waals surface area contributed by atoms with Crippen molar-refractivity contribution in [1.82, 2.24) is 0 Å². The molecular weight excluding hydrogens is 771 g/mol. The van der Waals surface area contributed by atoms with Crippen LogP contribution in [-0.2, 0) is 5.41 Å². The summed E-state index contributed by atoms with van der Waals surface area (Å²) in [6.07, 6.45) is 0. The molecule has 12 rings (SSSR count). The van der Waals surface area contributed by atoms with Gasteiger partial charge in [-0.2, -0.15) is 0 Å². The highest BCUT2D eigenvalue weighted by atomic mass is 15.1. The van der Waals surface area contributed by atoms with Crippen LogP contribution in [0.5, 0.6) is 0 Å². The van der Waals surface area contributed by atoms with Crippen molar-refractivity contribution < 1.29 is 32.9 Å². The molecule has 64 heavy (non-hydrogen) atoms. The highest BCUT2D eigenvalue weighted by Gasteiger charge is 2.46. The SMILES string of the molecule is [2H]c1c([2H])c([2H])c(C2(c3c([2H])c([2H])c([2H])c([2H])c3[2H])c3c([2H])c([2H])c([2H])c([2H])c3-c3c([2H])c([2H])c(N(c4ccc5ccccc5c4-c4ccc(-c5ccc(-c6ccccc6)cc5)cc4)c4c([2H])c([2H])c5c([2H])c([2H])c([2H])c([2H])c5c4[2H])c([2H])c32)c([2H])c1[2H]. The molecule has 0 atom stereocenters. The first-order valence-electron chi connectivity index (χ1n) is 32.2. The first kappa shape index (κ1) is 20.3. The Kier molecular flexibility index (Phi) is 4.94. The monoisotopic (exact) mass is 837 g/mol. The number of nitrogens with zero attached hydrogens (tertiary/aromatic N) is 1. The fraction of sp³-hybridized carbons (Fsp3) is 0.0159. The lowest BCUT2D eigenvalue weighted by molar-refractivity contribution is 0.768. The third-order valence-electron chi connectivity index (χ3n) is 11.6. The number of rotatable bonds is 8. The fourth-order valence-electron chi connectivity index (χ4n) is 8.68. The smallest absolute Gasteiger partial charge is 0.0714 e. The van der Waals surface area contributed by atoms with Gasteiger partial charge < -0.3 is 4.90 Å². The van der Waals surface area contributed by atoms with E-state index in [2.05, 4.69) is 0 Å². The third kappa shape index (κ3) is 6.16. The van der Waals surface area contributed by atoms with Crippen molar-refractivity contribution in [2.75, 3.05) is 4.90 Å². The van der Waals surface area contributed by atoms with Crippen molar-refractivity contribution in [2.45, 2.75) is 5.41 Å². The average molecular weight is 838 g/mol. The molecule has 0 N–H and O–H groups in total. The van der Waals surface area contributed by atoms with Gasteiger partial charge in [0.2, 0.25) is 0 Å². The van der Waals surface area contributed by atoms with Crippen LogP contribution in [0.1, 0.15) is 55.2 Å². The molecule has 0 radical (unpaired) electrons. The summed E-state index contributed by atoms with van der Waals surface area (Å²) < 4.78 is 226. The van der Waals surface area contributed by atoms with E-state index in [1.54, 1.807) is 42.5 Å². The third-order valence-corrected chi connectivity index (χ3v) is 11.6. The molecule has 1 aliphatic carbocycles.